The smallest absolute Gasteiger partial charge is 0.0331 e. The van der Waals surface area contributed by atoms with Crippen molar-refractivity contribution in [3.63, 3.8) is 0 Å². The van der Waals surface area contributed by atoms with Crippen LogP contribution in [0.2, 0.25) is 0 Å². The zero-order chi connectivity index (χ0) is 13.1. The molecule has 3 heterocycles. The Morgan fingerprint density at radius 1 is 1.21 bits per heavy atom. The SMILES string of the molecule is CCc1ccsc1CN1CCCN2CCCCC2C1. The van der Waals surface area contributed by atoms with Crippen LogP contribution in [0.15, 0.2) is 11.4 Å². The van der Waals surface area contributed by atoms with Gasteiger partial charge in [-0.2, -0.15) is 0 Å². The molecule has 106 valence electrons. The van der Waals surface area contributed by atoms with E-state index >= 15 is 0 Å². The van der Waals surface area contributed by atoms with E-state index in [1.807, 2.05) is 11.3 Å². The summed E-state index contributed by atoms with van der Waals surface area (Å²) in [6, 6.07) is 3.14. The molecule has 3 heteroatoms. The average Bonchev–Trinajstić information content (AvgIpc) is 2.77. The second-order valence-corrected chi connectivity index (χ2v) is 7.00. The number of piperidine rings is 1. The Morgan fingerprint density at radius 2 is 2.11 bits per heavy atom. The normalized spacial score (nSPS) is 26.1. The third-order valence-electron chi connectivity index (χ3n) is 4.72. The lowest BCUT2D eigenvalue weighted by Gasteiger charge is -2.35. The highest BCUT2D eigenvalue weighted by Crippen LogP contribution is 2.24. The zero-order valence-corrected chi connectivity index (χ0v) is 12.9. The van der Waals surface area contributed by atoms with Crippen LogP contribution in [0, 0.1) is 0 Å². The van der Waals surface area contributed by atoms with Gasteiger partial charge in [0.2, 0.25) is 0 Å². The van der Waals surface area contributed by atoms with Gasteiger partial charge in [-0.3, -0.25) is 9.80 Å². The molecule has 2 aliphatic heterocycles. The maximum absolute atomic E-state index is 2.75. The van der Waals surface area contributed by atoms with Crippen molar-refractivity contribution in [1.29, 1.82) is 0 Å². The number of thiophene rings is 1. The van der Waals surface area contributed by atoms with E-state index in [1.165, 1.54) is 64.8 Å². The molecule has 1 atom stereocenters. The Balaban J connectivity index is 1.64. The molecule has 0 radical (unpaired) electrons. The molecule has 1 unspecified atom stereocenters. The van der Waals surface area contributed by atoms with Crippen LogP contribution in [0.4, 0.5) is 0 Å². The monoisotopic (exact) mass is 278 g/mol. The molecule has 0 saturated carbocycles. The van der Waals surface area contributed by atoms with Gasteiger partial charge in [-0.25, -0.2) is 0 Å². The van der Waals surface area contributed by atoms with Crippen LogP contribution in [-0.2, 0) is 13.0 Å². The van der Waals surface area contributed by atoms with E-state index < -0.39 is 0 Å². The Hall–Kier alpha value is -0.380. The van der Waals surface area contributed by atoms with E-state index in [1.54, 1.807) is 10.4 Å². The topological polar surface area (TPSA) is 6.48 Å². The first-order valence-electron chi connectivity index (χ1n) is 7.88. The van der Waals surface area contributed by atoms with Gasteiger partial charge in [-0.15, -0.1) is 11.3 Å². The molecule has 0 bridgehead atoms. The lowest BCUT2D eigenvalue weighted by molar-refractivity contribution is 0.135. The number of hydrogen-bond acceptors (Lipinski definition) is 3. The molecule has 2 fully saturated rings. The molecule has 0 aromatic carbocycles. The van der Waals surface area contributed by atoms with Gasteiger partial charge < -0.3 is 0 Å². The largest absolute Gasteiger partial charge is 0.299 e. The summed E-state index contributed by atoms with van der Waals surface area (Å²) >= 11 is 1.95. The second kappa shape index (κ2) is 6.38. The van der Waals surface area contributed by atoms with Crippen LogP contribution in [0.25, 0.3) is 0 Å². The molecule has 1 aromatic heterocycles. The van der Waals surface area contributed by atoms with Crippen molar-refractivity contribution in [2.45, 2.75) is 51.6 Å². The lowest BCUT2D eigenvalue weighted by Crippen LogP contribution is -2.43. The minimum atomic E-state index is 0.835. The Bertz CT molecular complexity index is 401. The number of nitrogens with zero attached hydrogens (tertiary/aromatic N) is 2. The van der Waals surface area contributed by atoms with Crippen LogP contribution in [0.3, 0.4) is 0 Å². The predicted molar refractivity (Wildman–Crippen MR) is 82.8 cm³/mol. The third-order valence-corrected chi connectivity index (χ3v) is 5.67. The van der Waals surface area contributed by atoms with Crippen molar-refractivity contribution in [2.75, 3.05) is 26.2 Å². The average molecular weight is 278 g/mol. The van der Waals surface area contributed by atoms with Gasteiger partial charge in [0.15, 0.2) is 0 Å². The van der Waals surface area contributed by atoms with Crippen LogP contribution in [0.1, 0.15) is 43.0 Å². The van der Waals surface area contributed by atoms with E-state index in [9.17, 15) is 0 Å². The van der Waals surface area contributed by atoms with Gasteiger partial charge in [0.1, 0.15) is 0 Å². The summed E-state index contributed by atoms with van der Waals surface area (Å²) in [6.07, 6.45) is 6.81. The van der Waals surface area contributed by atoms with Crippen LogP contribution >= 0.6 is 11.3 Å². The molecule has 0 N–H and O–H groups in total. The van der Waals surface area contributed by atoms with Gasteiger partial charge in [0, 0.05) is 24.0 Å². The summed E-state index contributed by atoms with van der Waals surface area (Å²) in [4.78, 5) is 7.06. The highest BCUT2D eigenvalue weighted by Gasteiger charge is 2.27. The summed E-state index contributed by atoms with van der Waals surface area (Å²) in [5, 5.41) is 2.26. The quantitative estimate of drug-likeness (QED) is 0.836. The van der Waals surface area contributed by atoms with E-state index in [0.717, 1.165) is 6.04 Å². The van der Waals surface area contributed by atoms with Gasteiger partial charge >= 0.3 is 0 Å². The minimum absolute atomic E-state index is 0.835. The number of fused-ring (bicyclic) bond motifs is 1. The third kappa shape index (κ3) is 3.21. The standard InChI is InChI=1S/C16H26N2S/c1-2-14-7-11-19-16(14)13-17-8-5-10-18-9-4-3-6-15(18)12-17/h7,11,15H,2-6,8-10,12-13H2,1H3. The van der Waals surface area contributed by atoms with Gasteiger partial charge in [-0.05, 0) is 62.3 Å². The van der Waals surface area contributed by atoms with Gasteiger partial charge in [0.05, 0.1) is 0 Å². The highest BCUT2D eigenvalue weighted by atomic mass is 32.1. The zero-order valence-electron chi connectivity index (χ0n) is 12.1. The maximum Gasteiger partial charge on any atom is 0.0331 e. The Kier molecular flexibility index (Phi) is 4.57. The van der Waals surface area contributed by atoms with E-state index in [2.05, 4.69) is 28.2 Å². The van der Waals surface area contributed by atoms with Crippen molar-refractivity contribution in [1.82, 2.24) is 9.80 Å². The van der Waals surface area contributed by atoms with Crippen molar-refractivity contribution in [2.24, 2.45) is 0 Å². The van der Waals surface area contributed by atoms with Gasteiger partial charge in [-0.1, -0.05) is 13.3 Å². The number of aryl methyl sites for hydroxylation is 1. The molecule has 19 heavy (non-hydrogen) atoms. The summed E-state index contributed by atoms with van der Waals surface area (Å²) in [5.74, 6) is 0. The van der Waals surface area contributed by atoms with Crippen molar-refractivity contribution >= 4 is 11.3 Å². The summed E-state index contributed by atoms with van der Waals surface area (Å²) in [6.45, 7) is 8.71. The van der Waals surface area contributed by atoms with Crippen LogP contribution in [-0.4, -0.2) is 42.0 Å². The first kappa shape index (κ1) is 13.6. The first-order chi connectivity index (χ1) is 9.36. The van der Waals surface area contributed by atoms with Crippen LogP contribution < -0.4 is 0 Å². The fourth-order valence-electron chi connectivity index (χ4n) is 3.62. The fourth-order valence-corrected chi connectivity index (χ4v) is 4.63. The molecule has 0 aliphatic carbocycles. The molecule has 2 nitrogen and oxygen atoms in total. The molecule has 2 saturated heterocycles. The Morgan fingerprint density at radius 3 is 3.00 bits per heavy atom. The highest BCUT2D eigenvalue weighted by molar-refractivity contribution is 7.10. The molecule has 1 aromatic rings. The van der Waals surface area contributed by atoms with Crippen LogP contribution in [0.5, 0.6) is 0 Å². The Labute approximate surface area is 121 Å². The summed E-state index contributed by atoms with van der Waals surface area (Å²) < 4.78 is 0. The molecular weight excluding hydrogens is 252 g/mol. The maximum atomic E-state index is 2.75. The fraction of sp³-hybridized carbons (Fsp3) is 0.750. The lowest BCUT2D eigenvalue weighted by atomic mass is 10.0. The van der Waals surface area contributed by atoms with Gasteiger partial charge in [0.25, 0.3) is 0 Å². The summed E-state index contributed by atoms with van der Waals surface area (Å²) in [5.41, 5.74) is 1.56. The van der Waals surface area contributed by atoms with Crippen molar-refractivity contribution < 1.29 is 0 Å². The molecule has 0 amide bonds. The first-order valence-corrected chi connectivity index (χ1v) is 8.76. The molecule has 2 aliphatic rings. The molecular formula is C16H26N2S. The summed E-state index contributed by atoms with van der Waals surface area (Å²) in [7, 11) is 0. The number of rotatable bonds is 3. The minimum Gasteiger partial charge on any atom is -0.299 e. The van der Waals surface area contributed by atoms with Crippen molar-refractivity contribution in [3.8, 4) is 0 Å². The predicted octanol–water partition coefficient (Wildman–Crippen LogP) is 3.37. The van der Waals surface area contributed by atoms with E-state index in [-0.39, 0.29) is 0 Å². The van der Waals surface area contributed by atoms with E-state index in [0.29, 0.717) is 0 Å². The number of hydrogen-bond donors (Lipinski definition) is 0. The molecule has 3 rings (SSSR count). The second-order valence-electron chi connectivity index (χ2n) is 6.00. The molecule has 0 spiro atoms. The van der Waals surface area contributed by atoms with E-state index in [4.69, 9.17) is 0 Å². The van der Waals surface area contributed by atoms with Crippen molar-refractivity contribution in [3.05, 3.63) is 21.9 Å².